The lowest BCUT2D eigenvalue weighted by molar-refractivity contribution is -0.144. The third-order valence-corrected chi connectivity index (χ3v) is 12.5. The van der Waals surface area contributed by atoms with Gasteiger partial charge in [0, 0.05) is 6.54 Å². The monoisotopic (exact) mass is 1020 g/mol. The summed E-state index contributed by atoms with van der Waals surface area (Å²) in [5.74, 6) is -8.27. The van der Waals surface area contributed by atoms with E-state index in [0.717, 1.165) is 0 Å². The lowest BCUT2D eigenvalue weighted by Gasteiger charge is -2.32. The normalized spacial score (nSPS) is 17.5. The number of nitrogens with two attached hydrogens (primary N) is 1. The Morgan fingerprint density at radius 2 is 1.15 bits per heavy atom. The van der Waals surface area contributed by atoms with E-state index in [4.69, 9.17) is 5.73 Å². The van der Waals surface area contributed by atoms with Crippen LogP contribution < -0.4 is 43.0 Å². The summed E-state index contributed by atoms with van der Waals surface area (Å²) in [6, 6.07) is -5.15. The van der Waals surface area contributed by atoms with Crippen LogP contribution in [0, 0.1) is 23.7 Å². The molecule has 1 aromatic carbocycles. The highest BCUT2D eigenvalue weighted by Crippen LogP contribution is 2.22. The van der Waals surface area contributed by atoms with Gasteiger partial charge in [-0.3, -0.25) is 38.4 Å². The fourth-order valence-electron chi connectivity index (χ4n) is 7.86. The molecule has 0 radical (unpaired) electrons. The smallest absolute Gasteiger partial charge is 0.326 e. The zero-order valence-electron chi connectivity index (χ0n) is 42.7. The van der Waals surface area contributed by atoms with E-state index >= 15 is 0 Å². The summed E-state index contributed by atoms with van der Waals surface area (Å²) in [6.07, 6.45) is 1.63. The number of aliphatic hydroxyl groups excluding tert-OH is 2. The maximum Gasteiger partial charge on any atom is 0.326 e. The highest BCUT2D eigenvalue weighted by molar-refractivity contribution is 7.98. The average Bonchev–Trinajstić information content (AvgIpc) is 3.79. The largest absolute Gasteiger partial charge is 0.508 e. The molecule has 1 fully saturated rings. The van der Waals surface area contributed by atoms with Gasteiger partial charge in [-0.25, -0.2) is 4.79 Å². The van der Waals surface area contributed by atoms with Crippen LogP contribution in [0.1, 0.15) is 100.0 Å². The minimum atomic E-state index is -1.70. The number of phenolic OH excluding ortho intramolecular Hbond substituents is 1. The summed E-state index contributed by atoms with van der Waals surface area (Å²) in [6.45, 7) is 14.2. The molecule has 22 nitrogen and oxygen atoms in total. The number of carboxylic acid groups (broad SMARTS) is 1. The summed E-state index contributed by atoms with van der Waals surface area (Å²) >= 11 is 1.39. The van der Waals surface area contributed by atoms with Gasteiger partial charge in [-0.15, -0.1) is 0 Å². The first-order chi connectivity index (χ1) is 33.2. The van der Waals surface area contributed by atoms with Crippen molar-refractivity contribution >= 4 is 65.0 Å². The number of carbonyl (C=O) groups is 9. The van der Waals surface area contributed by atoms with Crippen LogP contribution in [0.25, 0.3) is 0 Å². The van der Waals surface area contributed by atoms with E-state index in [1.54, 1.807) is 46.1 Å². The van der Waals surface area contributed by atoms with E-state index in [2.05, 4.69) is 37.2 Å². The quantitative estimate of drug-likeness (QED) is 0.0471. The van der Waals surface area contributed by atoms with Gasteiger partial charge in [-0.05, 0) is 98.8 Å². The molecule has 1 aliphatic heterocycles. The van der Waals surface area contributed by atoms with Gasteiger partial charge in [-0.2, -0.15) is 11.8 Å². The van der Waals surface area contributed by atoms with Crippen molar-refractivity contribution in [2.24, 2.45) is 29.4 Å². The first-order valence-electron chi connectivity index (χ1n) is 24.2. The van der Waals surface area contributed by atoms with Crippen LogP contribution in [0.5, 0.6) is 5.75 Å². The number of carbonyl (C=O) groups excluding carboxylic acids is 8. The molecule has 0 unspecified atom stereocenters. The summed E-state index contributed by atoms with van der Waals surface area (Å²) in [7, 11) is 0. The Kier molecular flexibility index (Phi) is 25.8. The second-order valence-corrected chi connectivity index (χ2v) is 20.6. The highest BCUT2D eigenvalue weighted by atomic mass is 32.2. The number of thioether (sulfide) groups is 1. The lowest BCUT2D eigenvalue weighted by atomic mass is 9.99. The Morgan fingerprint density at radius 1 is 0.662 bits per heavy atom. The molecule has 1 aliphatic rings. The SMILES string of the molecule is CSCC[C@H](NC(=O)[C@@H]1CCCN1C(=O)[C@H](CC(C)C)NC(=O)[C@H](CC(C)C)NC(=O)[C@@H](N)Cc1ccc(O)cc1)C(=O)N[C@H](C(=O)N[C@H](C(=O)N[C@@H](CO)C(=O)N[C@H](C(=O)O)C(C)C)[C@@H](C)O)C(C)C. The number of amides is 8. The number of rotatable bonds is 29. The van der Waals surface area contributed by atoms with Gasteiger partial charge < -0.3 is 68.3 Å². The zero-order chi connectivity index (χ0) is 53.9. The van der Waals surface area contributed by atoms with E-state index in [1.807, 2.05) is 27.7 Å². The van der Waals surface area contributed by atoms with Crippen LogP contribution in [0.15, 0.2) is 24.3 Å². The molecule has 8 amide bonds. The molecular formula is C48H79N9O13S. The van der Waals surface area contributed by atoms with E-state index in [1.165, 1.54) is 35.7 Å². The van der Waals surface area contributed by atoms with E-state index in [9.17, 15) is 63.6 Å². The van der Waals surface area contributed by atoms with Crippen molar-refractivity contribution in [3.63, 3.8) is 0 Å². The van der Waals surface area contributed by atoms with Gasteiger partial charge in [0.1, 0.15) is 54.1 Å². The summed E-state index contributed by atoms with van der Waals surface area (Å²) in [4.78, 5) is 123. The second kappa shape index (κ2) is 29.7. The van der Waals surface area contributed by atoms with Crippen molar-refractivity contribution in [3.8, 4) is 5.75 Å². The first kappa shape index (κ1) is 61.6. The number of nitrogens with zero attached hydrogens (tertiary/aromatic N) is 1. The second-order valence-electron chi connectivity index (χ2n) is 19.7. The molecule has 0 saturated carbocycles. The van der Waals surface area contributed by atoms with Gasteiger partial charge in [0.2, 0.25) is 47.3 Å². The average molecular weight is 1020 g/mol. The zero-order valence-corrected chi connectivity index (χ0v) is 43.5. The molecule has 23 heteroatoms. The first-order valence-corrected chi connectivity index (χ1v) is 25.6. The van der Waals surface area contributed by atoms with E-state index < -0.39 is 132 Å². The number of benzene rings is 1. The van der Waals surface area contributed by atoms with Crippen LogP contribution in [0.2, 0.25) is 0 Å². The summed E-state index contributed by atoms with van der Waals surface area (Å²) in [5, 5.41) is 57.4. The third-order valence-electron chi connectivity index (χ3n) is 11.8. The number of aliphatic hydroxyl groups is 2. The molecule has 0 spiro atoms. The fourth-order valence-corrected chi connectivity index (χ4v) is 8.33. The molecule has 71 heavy (non-hydrogen) atoms. The van der Waals surface area contributed by atoms with Crippen LogP contribution in [-0.2, 0) is 49.6 Å². The molecule has 10 atom stereocenters. The predicted octanol–water partition coefficient (Wildman–Crippen LogP) is -0.738. The standard InChI is InChI=1S/C48H79N9O13S/c1-24(2)20-33(51-40(61)31(49)22-29-13-15-30(60)16-14-29)42(63)52-34(21-25(3)4)47(68)57-18-11-12-36(57)44(65)50-32(17-19-71-10)41(62)54-37(26(5)6)45(66)56-39(28(9)59)46(67)53-35(23-58)43(64)55-38(27(7)8)48(69)70/h13-16,24-28,31-39,58-60H,11-12,17-23,49H2,1-10H3,(H,50,65)(H,51,61)(H,52,63)(H,53,67)(H,54,62)(H,55,64)(H,56,66)(H,69,70)/t28-,31+,32+,33+,34+,35+,36+,37+,38+,39+/m1/s1. The van der Waals surface area contributed by atoms with Crippen LogP contribution in [0.3, 0.4) is 0 Å². The molecule has 1 aromatic rings. The summed E-state index contributed by atoms with van der Waals surface area (Å²) < 4.78 is 0. The van der Waals surface area contributed by atoms with Crippen molar-refractivity contribution in [1.82, 2.24) is 42.1 Å². The van der Waals surface area contributed by atoms with Crippen molar-refractivity contribution < 1.29 is 63.6 Å². The molecule has 0 bridgehead atoms. The molecule has 0 aromatic heterocycles. The maximum atomic E-state index is 14.4. The fraction of sp³-hybridized carbons (Fsp3) is 0.688. The van der Waals surface area contributed by atoms with Crippen LogP contribution >= 0.6 is 11.8 Å². The van der Waals surface area contributed by atoms with Gasteiger partial charge in [0.05, 0.1) is 18.8 Å². The Hall–Kier alpha value is -5.52. The lowest BCUT2D eigenvalue weighted by Crippen LogP contribution is -2.63. The number of phenols is 1. The number of aromatic hydroxyl groups is 1. The van der Waals surface area contributed by atoms with Gasteiger partial charge >= 0.3 is 5.97 Å². The molecule has 1 saturated heterocycles. The Balaban J connectivity index is 2.26. The Labute approximate surface area is 420 Å². The number of hydrogen-bond donors (Lipinski definition) is 12. The molecule has 1 heterocycles. The number of aliphatic carboxylic acids is 1. The Bertz CT molecular complexity index is 1970. The number of nitrogens with one attached hydrogen (secondary N) is 7. The predicted molar refractivity (Wildman–Crippen MR) is 266 cm³/mol. The number of hydrogen-bond acceptors (Lipinski definition) is 14. The van der Waals surface area contributed by atoms with Crippen LogP contribution in [0.4, 0.5) is 0 Å². The molecule has 0 aliphatic carbocycles. The van der Waals surface area contributed by atoms with Crippen molar-refractivity contribution in [2.75, 3.05) is 25.2 Å². The minimum Gasteiger partial charge on any atom is -0.508 e. The molecular weight excluding hydrogens is 943 g/mol. The number of likely N-dealkylation sites (tertiary alicyclic amines) is 1. The highest BCUT2D eigenvalue weighted by Gasteiger charge is 2.41. The van der Waals surface area contributed by atoms with Crippen molar-refractivity contribution in [3.05, 3.63) is 29.8 Å². The molecule has 2 rings (SSSR count). The minimum absolute atomic E-state index is 0.0433. The molecule has 13 N–H and O–H groups in total. The van der Waals surface area contributed by atoms with E-state index in [0.29, 0.717) is 17.7 Å². The third kappa shape index (κ3) is 19.9. The topological polar surface area (TPSA) is 348 Å². The van der Waals surface area contributed by atoms with Crippen molar-refractivity contribution in [1.29, 1.82) is 0 Å². The van der Waals surface area contributed by atoms with Gasteiger partial charge in [0.25, 0.3) is 0 Å². The van der Waals surface area contributed by atoms with Gasteiger partial charge in [-0.1, -0.05) is 67.5 Å². The summed E-state index contributed by atoms with van der Waals surface area (Å²) in [5.41, 5.74) is 6.93. The van der Waals surface area contributed by atoms with E-state index in [-0.39, 0.29) is 56.2 Å². The number of carboxylic acids is 1. The van der Waals surface area contributed by atoms with Crippen molar-refractivity contribution in [2.45, 2.75) is 161 Å². The Morgan fingerprint density at radius 3 is 1.68 bits per heavy atom. The van der Waals surface area contributed by atoms with Gasteiger partial charge in [0.15, 0.2) is 0 Å². The molecule has 400 valence electrons. The maximum absolute atomic E-state index is 14.4. The van der Waals surface area contributed by atoms with Crippen LogP contribution in [-0.4, -0.2) is 164 Å².